The van der Waals surface area contributed by atoms with E-state index in [9.17, 15) is 9.59 Å². The average molecular weight is 489 g/mol. The zero-order chi connectivity index (χ0) is 19.3. The van der Waals surface area contributed by atoms with E-state index >= 15 is 0 Å². The summed E-state index contributed by atoms with van der Waals surface area (Å²) in [6.45, 7) is 8.87. The van der Waals surface area contributed by atoms with Gasteiger partial charge < -0.3 is 10.6 Å². The van der Waals surface area contributed by atoms with Gasteiger partial charge in [-0.1, -0.05) is 31.9 Å². The first-order valence-corrected chi connectivity index (χ1v) is 10.5. The second kappa shape index (κ2) is 9.33. The van der Waals surface area contributed by atoms with Crippen molar-refractivity contribution in [3.63, 3.8) is 0 Å². The molecule has 2 N–H and O–H groups in total. The first-order valence-electron chi connectivity index (χ1n) is 8.90. The summed E-state index contributed by atoms with van der Waals surface area (Å²) < 4.78 is 1.75. The molecule has 0 spiro atoms. The number of carbonyl (C=O) groups excluding carboxylic acids is 2. The number of benzene rings is 1. The summed E-state index contributed by atoms with van der Waals surface area (Å²) in [5, 5.41) is 6.03. The summed E-state index contributed by atoms with van der Waals surface area (Å²) in [7, 11) is 0. The molecule has 26 heavy (non-hydrogen) atoms. The number of piperidine rings is 1. The van der Waals surface area contributed by atoms with E-state index < -0.39 is 0 Å². The van der Waals surface area contributed by atoms with Crippen LogP contribution < -0.4 is 10.6 Å². The maximum absolute atomic E-state index is 12.3. The summed E-state index contributed by atoms with van der Waals surface area (Å²) in [6, 6.07) is 5.54. The van der Waals surface area contributed by atoms with Crippen LogP contribution in [0.1, 0.15) is 44.0 Å². The van der Waals surface area contributed by atoms with Gasteiger partial charge in [-0.3, -0.25) is 14.5 Å². The van der Waals surface area contributed by atoms with Crippen LogP contribution in [0.3, 0.4) is 0 Å². The fourth-order valence-corrected chi connectivity index (χ4v) is 4.33. The normalized spacial score (nSPS) is 16.3. The molecule has 0 saturated carbocycles. The highest BCUT2D eigenvalue weighted by molar-refractivity contribution is 9.11. The van der Waals surface area contributed by atoms with Crippen LogP contribution in [0.2, 0.25) is 0 Å². The van der Waals surface area contributed by atoms with Crippen molar-refractivity contribution < 1.29 is 9.59 Å². The number of rotatable bonds is 5. The smallest absolute Gasteiger partial charge is 0.251 e. The first kappa shape index (κ1) is 21.4. The number of halogens is 2. The van der Waals surface area contributed by atoms with Crippen LogP contribution >= 0.6 is 31.9 Å². The molecule has 2 rings (SSSR count). The first-order chi connectivity index (χ1) is 12.1. The van der Waals surface area contributed by atoms with Crippen molar-refractivity contribution in [2.24, 2.45) is 5.92 Å². The van der Waals surface area contributed by atoms with Crippen molar-refractivity contribution in [1.82, 2.24) is 15.5 Å². The summed E-state index contributed by atoms with van der Waals surface area (Å²) >= 11 is 6.81. The maximum atomic E-state index is 12.3. The Labute approximate surface area is 172 Å². The van der Waals surface area contributed by atoms with E-state index in [1.54, 1.807) is 0 Å². The van der Waals surface area contributed by atoms with Gasteiger partial charge in [0, 0.05) is 26.6 Å². The second-order valence-electron chi connectivity index (χ2n) is 7.89. The Kier molecular flexibility index (Phi) is 7.67. The molecule has 0 unspecified atom stereocenters. The standard InChI is InChI=1S/C19H27Br2N3O2/c1-19(2,3)23-17(25)12-24-6-4-13(5-7-24)11-22-18(26)14-8-15(20)10-16(21)9-14/h8-10,13H,4-7,11-12H2,1-3H3,(H,22,26)(H,23,25). The molecule has 1 aromatic carbocycles. The van der Waals surface area contributed by atoms with Crippen molar-refractivity contribution in [1.29, 1.82) is 0 Å². The van der Waals surface area contributed by atoms with Crippen LogP contribution in [0.4, 0.5) is 0 Å². The second-order valence-corrected chi connectivity index (χ2v) is 9.72. The topological polar surface area (TPSA) is 61.4 Å². The van der Waals surface area contributed by atoms with E-state index in [0.29, 0.717) is 24.6 Å². The SMILES string of the molecule is CC(C)(C)NC(=O)CN1CCC(CNC(=O)c2cc(Br)cc(Br)c2)CC1. The van der Waals surface area contributed by atoms with E-state index in [-0.39, 0.29) is 17.4 Å². The van der Waals surface area contributed by atoms with E-state index in [1.807, 2.05) is 39.0 Å². The zero-order valence-corrected chi connectivity index (χ0v) is 18.7. The quantitative estimate of drug-likeness (QED) is 0.665. The Morgan fingerprint density at radius 2 is 1.69 bits per heavy atom. The molecule has 1 aliphatic rings. The van der Waals surface area contributed by atoms with Crippen LogP contribution in [0.5, 0.6) is 0 Å². The minimum atomic E-state index is -0.193. The lowest BCUT2D eigenvalue weighted by Crippen LogP contribution is -2.48. The molecule has 1 fully saturated rings. The predicted molar refractivity (Wildman–Crippen MR) is 111 cm³/mol. The van der Waals surface area contributed by atoms with Crippen LogP contribution in [0.15, 0.2) is 27.1 Å². The van der Waals surface area contributed by atoms with Crippen LogP contribution in [0.25, 0.3) is 0 Å². The molecular formula is C19H27Br2N3O2. The summed E-state index contributed by atoms with van der Waals surface area (Å²) in [5.41, 5.74) is 0.448. The summed E-state index contributed by atoms with van der Waals surface area (Å²) in [5.74, 6) is 0.472. The number of nitrogens with one attached hydrogen (secondary N) is 2. The molecule has 5 nitrogen and oxygen atoms in total. The highest BCUT2D eigenvalue weighted by Crippen LogP contribution is 2.21. The van der Waals surface area contributed by atoms with E-state index in [0.717, 1.165) is 34.9 Å². The monoisotopic (exact) mass is 487 g/mol. The van der Waals surface area contributed by atoms with Crippen molar-refractivity contribution in [3.8, 4) is 0 Å². The number of likely N-dealkylation sites (tertiary alicyclic amines) is 1. The Morgan fingerprint density at radius 1 is 1.12 bits per heavy atom. The molecule has 144 valence electrons. The minimum Gasteiger partial charge on any atom is -0.352 e. The number of hydrogen-bond donors (Lipinski definition) is 2. The molecule has 7 heteroatoms. The molecule has 1 aliphatic heterocycles. The van der Waals surface area contributed by atoms with Gasteiger partial charge in [0.1, 0.15) is 0 Å². The summed E-state index contributed by atoms with van der Waals surface area (Å²) in [4.78, 5) is 26.5. The van der Waals surface area contributed by atoms with Crippen molar-refractivity contribution in [2.45, 2.75) is 39.2 Å². The number of nitrogens with zero attached hydrogens (tertiary/aromatic N) is 1. The van der Waals surface area contributed by atoms with Gasteiger partial charge in [-0.2, -0.15) is 0 Å². The van der Waals surface area contributed by atoms with E-state index in [2.05, 4.69) is 47.4 Å². The predicted octanol–water partition coefficient (Wildman–Crippen LogP) is 3.57. The van der Waals surface area contributed by atoms with Gasteiger partial charge in [0.15, 0.2) is 0 Å². The van der Waals surface area contributed by atoms with Crippen molar-refractivity contribution in [2.75, 3.05) is 26.2 Å². The van der Waals surface area contributed by atoms with Gasteiger partial charge in [-0.15, -0.1) is 0 Å². The average Bonchev–Trinajstić information content (AvgIpc) is 2.51. The number of hydrogen-bond acceptors (Lipinski definition) is 3. The molecule has 0 aromatic heterocycles. The molecule has 0 aliphatic carbocycles. The van der Waals surface area contributed by atoms with Gasteiger partial charge in [0.2, 0.25) is 5.91 Å². The fraction of sp³-hybridized carbons (Fsp3) is 0.579. The third-order valence-corrected chi connectivity index (χ3v) is 5.18. The fourth-order valence-electron chi connectivity index (χ4n) is 3.03. The Bertz CT molecular complexity index is 630. The Hall–Kier alpha value is -0.920. The molecule has 1 aromatic rings. The molecule has 1 saturated heterocycles. The minimum absolute atomic E-state index is 0.0565. The van der Waals surface area contributed by atoms with Crippen LogP contribution in [-0.4, -0.2) is 48.4 Å². The largest absolute Gasteiger partial charge is 0.352 e. The Morgan fingerprint density at radius 3 is 2.23 bits per heavy atom. The zero-order valence-electron chi connectivity index (χ0n) is 15.6. The number of amides is 2. The third kappa shape index (κ3) is 7.37. The lowest BCUT2D eigenvalue weighted by molar-refractivity contribution is -0.124. The highest BCUT2D eigenvalue weighted by atomic mass is 79.9. The van der Waals surface area contributed by atoms with Crippen LogP contribution in [-0.2, 0) is 4.79 Å². The molecule has 0 radical (unpaired) electrons. The lowest BCUT2D eigenvalue weighted by Gasteiger charge is -2.32. The van der Waals surface area contributed by atoms with E-state index in [4.69, 9.17) is 0 Å². The van der Waals surface area contributed by atoms with E-state index in [1.165, 1.54) is 0 Å². The lowest BCUT2D eigenvalue weighted by atomic mass is 9.96. The van der Waals surface area contributed by atoms with Crippen molar-refractivity contribution >= 4 is 43.7 Å². The van der Waals surface area contributed by atoms with Gasteiger partial charge in [-0.05, 0) is 70.8 Å². The molecule has 1 heterocycles. The number of carbonyl (C=O) groups is 2. The highest BCUT2D eigenvalue weighted by Gasteiger charge is 2.23. The van der Waals surface area contributed by atoms with Gasteiger partial charge >= 0.3 is 0 Å². The Balaban J connectivity index is 1.73. The maximum Gasteiger partial charge on any atom is 0.251 e. The molecule has 0 atom stereocenters. The molecule has 2 amide bonds. The van der Waals surface area contributed by atoms with Gasteiger partial charge in [-0.25, -0.2) is 0 Å². The molecular weight excluding hydrogens is 462 g/mol. The van der Waals surface area contributed by atoms with Crippen molar-refractivity contribution in [3.05, 3.63) is 32.7 Å². The third-order valence-electron chi connectivity index (χ3n) is 4.26. The molecule has 0 bridgehead atoms. The van der Waals surface area contributed by atoms with Crippen LogP contribution in [0, 0.1) is 5.92 Å². The summed E-state index contributed by atoms with van der Waals surface area (Å²) in [6.07, 6.45) is 1.98. The van der Waals surface area contributed by atoms with Gasteiger partial charge in [0.25, 0.3) is 5.91 Å². The van der Waals surface area contributed by atoms with Gasteiger partial charge in [0.05, 0.1) is 6.54 Å².